The highest BCUT2D eigenvalue weighted by Gasteiger charge is 2.16. The van der Waals surface area contributed by atoms with E-state index in [0.717, 1.165) is 5.69 Å². The highest BCUT2D eigenvalue weighted by Crippen LogP contribution is 2.35. The first-order valence-electron chi connectivity index (χ1n) is 8.23. The lowest BCUT2D eigenvalue weighted by Crippen LogP contribution is -2.06. The van der Waals surface area contributed by atoms with E-state index in [9.17, 15) is 0 Å². The Balaban J connectivity index is 1.69. The predicted octanol–water partition coefficient (Wildman–Crippen LogP) is 3.65. The molecule has 1 aromatic heterocycles. The summed E-state index contributed by atoms with van der Waals surface area (Å²) in [6.07, 6.45) is 0. The Morgan fingerprint density at radius 1 is 1.11 bits per heavy atom. The standard InChI is InChI=1S/C18H16ClN5O3/c1-2-25-13-5-3-10(19)7-12(13)16-22-17(20)24-18(23-16)21-11-4-6-14-15(8-11)27-9-26-14/h3-8H,2,9H2,1H3,(H3,20,21,22,23,24). The topological polar surface area (TPSA) is 104 Å². The highest BCUT2D eigenvalue weighted by atomic mass is 35.5. The second kappa shape index (κ2) is 7.16. The summed E-state index contributed by atoms with van der Waals surface area (Å²) >= 11 is 6.13. The first-order chi connectivity index (χ1) is 13.1. The van der Waals surface area contributed by atoms with E-state index in [0.29, 0.717) is 46.2 Å². The number of anilines is 3. The number of nitrogen functional groups attached to an aromatic ring is 1. The largest absolute Gasteiger partial charge is 0.493 e. The van der Waals surface area contributed by atoms with Crippen LogP contribution in [0, 0.1) is 0 Å². The van der Waals surface area contributed by atoms with E-state index in [1.54, 1.807) is 30.3 Å². The van der Waals surface area contributed by atoms with E-state index in [1.807, 2.05) is 13.0 Å². The fourth-order valence-corrected chi connectivity index (χ4v) is 2.80. The number of hydrogen-bond donors (Lipinski definition) is 2. The van der Waals surface area contributed by atoms with Gasteiger partial charge in [0.25, 0.3) is 0 Å². The normalized spacial score (nSPS) is 12.1. The molecule has 0 unspecified atom stereocenters. The molecule has 0 fully saturated rings. The predicted molar refractivity (Wildman–Crippen MR) is 102 cm³/mol. The molecule has 4 rings (SSSR count). The van der Waals surface area contributed by atoms with Gasteiger partial charge in [-0.05, 0) is 37.3 Å². The van der Waals surface area contributed by atoms with Crippen LogP contribution in [0.15, 0.2) is 36.4 Å². The average molecular weight is 386 g/mol. The molecule has 1 aliphatic heterocycles. The molecule has 3 N–H and O–H groups in total. The molecule has 0 saturated heterocycles. The van der Waals surface area contributed by atoms with E-state index in [-0.39, 0.29) is 12.7 Å². The second-order valence-corrected chi connectivity index (χ2v) is 6.04. The molecule has 0 atom stereocenters. The number of aromatic nitrogens is 3. The summed E-state index contributed by atoms with van der Waals surface area (Å²) < 4.78 is 16.3. The first-order valence-corrected chi connectivity index (χ1v) is 8.61. The van der Waals surface area contributed by atoms with Crippen molar-refractivity contribution < 1.29 is 14.2 Å². The number of hydrogen-bond acceptors (Lipinski definition) is 8. The Labute approximate surface area is 160 Å². The van der Waals surface area contributed by atoms with Crippen molar-refractivity contribution in [2.24, 2.45) is 0 Å². The Kier molecular flexibility index (Phi) is 4.55. The van der Waals surface area contributed by atoms with Gasteiger partial charge in [-0.15, -0.1) is 0 Å². The van der Waals surface area contributed by atoms with Gasteiger partial charge in [-0.2, -0.15) is 15.0 Å². The van der Waals surface area contributed by atoms with Gasteiger partial charge in [0.2, 0.25) is 18.7 Å². The third kappa shape index (κ3) is 3.65. The molecule has 8 nitrogen and oxygen atoms in total. The molecule has 0 spiro atoms. The fraction of sp³-hybridized carbons (Fsp3) is 0.167. The summed E-state index contributed by atoms with van der Waals surface area (Å²) in [7, 11) is 0. The summed E-state index contributed by atoms with van der Waals surface area (Å²) in [5.74, 6) is 2.68. The van der Waals surface area contributed by atoms with Crippen LogP contribution in [0.1, 0.15) is 6.92 Å². The fourth-order valence-electron chi connectivity index (χ4n) is 2.63. The Morgan fingerprint density at radius 2 is 1.96 bits per heavy atom. The van der Waals surface area contributed by atoms with Gasteiger partial charge in [-0.3, -0.25) is 0 Å². The lowest BCUT2D eigenvalue weighted by molar-refractivity contribution is 0.174. The molecule has 0 bridgehead atoms. The monoisotopic (exact) mass is 385 g/mol. The number of rotatable bonds is 5. The van der Waals surface area contributed by atoms with Crippen molar-refractivity contribution in [2.45, 2.75) is 6.92 Å². The van der Waals surface area contributed by atoms with Crippen molar-refractivity contribution >= 4 is 29.2 Å². The minimum absolute atomic E-state index is 0.0747. The van der Waals surface area contributed by atoms with Gasteiger partial charge in [0.05, 0.1) is 12.2 Å². The summed E-state index contributed by atoms with van der Waals surface area (Å²) in [6.45, 7) is 2.60. The van der Waals surface area contributed by atoms with Gasteiger partial charge in [0, 0.05) is 16.8 Å². The van der Waals surface area contributed by atoms with Crippen LogP contribution in [-0.4, -0.2) is 28.4 Å². The Bertz CT molecular complexity index is 999. The van der Waals surface area contributed by atoms with Crippen molar-refractivity contribution in [3.05, 3.63) is 41.4 Å². The SMILES string of the molecule is CCOc1ccc(Cl)cc1-c1nc(N)nc(Nc2ccc3c(c2)OCO3)n1. The molecular formula is C18H16ClN5O3. The number of benzene rings is 2. The molecule has 0 saturated carbocycles. The average Bonchev–Trinajstić information content (AvgIpc) is 3.10. The zero-order valence-corrected chi connectivity index (χ0v) is 15.2. The number of nitrogens with two attached hydrogens (primary N) is 1. The second-order valence-electron chi connectivity index (χ2n) is 5.61. The quantitative estimate of drug-likeness (QED) is 0.685. The van der Waals surface area contributed by atoms with E-state index in [2.05, 4.69) is 20.3 Å². The van der Waals surface area contributed by atoms with Gasteiger partial charge in [0.15, 0.2) is 17.3 Å². The van der Waals surface area contributed by atoms with Gasteiger partial charge in [-0.1, -0.05) is 11.6 Å². The number of nitrogens with zero attached hydrogens (tertiary/aromatic N) is 3. The number of nitrogens with one attached hydrogen (secondary N) is 1. The minimum atomic E-state index is 0.0747. The van der Waals surface area contributed by atoms with Gasteiger partial charge in [0.1, 0.15) is 5.75 Å². The van der Waals surface area contributed by atoms with Crippen molar-refractivity contribution in [1.29, 1.82) is 0 Å². The van der Waals surface area contributed by atoms with Crippen LogP contribution in [0.5, 0.6) is 17.2 Å². The van der Waals surface area contributed by atoms with Crippen LogP contribution < -0.4 is 25.3 Å². The maximum atomic E-state index is 6.13. The van der Waals surface area contributed by atoms with Crippen LogP contribution in [0.4, 0.5) is 17.6 Å². The minimum Gasteiger partial charge on any atom is -0.493 e. The molecule has 9 heteroatoms. The number of fused-ring (bicyclic) bond motifs is 1. The molecule has 1 aliphatic rings. The third-order valence-corrected chi connectivity index (χ3v) is 4.00. The van der Waals surface area contributed by atoms with Crippen molar-refractivity contribution in [3.8, 4) is 28.6 Å². The maximum Gasteiger partial charge on any atom is 0.232 e. The van der Waals surface area contributed by atoms with Crippen LogP contribution in [-0.2, 0) is 0 Å². The number of halogens is 1. The Morgan fingerprint density at radius 3 is 2.81 bits per heavy atom. The van der Waals surface area contributed by atoms with Crippen LogP contribution in [0.2, 0.25) is 5.02 Å². The zero-order chi connectivity index (χ0) is 18.8. The maximum absolute atomic E-state index is 6.13. The van der Waals surface area contributed by atoms with E-state index < -0.39 is 0 Å². The smallest absolute Gasteiger partial charge is 0.232 e. The van der Waals surface area contributed by atoms with E-state index in [1.165, 1.54) is 0 Å². The molecule has 0 radical (unpaired) electrons. The molecule has 2 heterocycles. The van der Waals surface area contributed by atoms with Crippen LogP contribution >= 0.6 is 11.6 Å². The van der Waals surface area contributed by atoms with Gasteiger partial charge >= 0.3 is 0 Å². The van der Waals surface area contributed by atoms with E-state index >= 15 is 0 Å². The lowest BCUT2D eigenvalue weighted by Gasteiger charge is -2.11. The van der Waals surface area contributed by atoms with Crippen molar-refractivity contribution in [3.63, 3.8) is 0 Å². The van der Waals surface area contributed by atoms with Crippen molar-refractivity contribution in [1.82, 2.24) is 15.0 Å². The molecule has 3 aromatic rings. The van der Waals surface area contributed by atoms with Gasteiger partial charge in [-0.25, -0.2) is 0 Å². The van der Waals surface area contributed by atoms with Crippen LogP contribution in [0.3, 0.4) is 0 Å². The summed E-state index contributed by atoms with van der Waals surface area (Å²) in [5, 5.41) is 3.64. The Hall–Kier alpha value is -3.26. The molecular weight excluding hydrogens is 370 g/mol. The molecule has 0 aliphatic carbocycles. The van der Waals surface area contributed by atoms with Crippen LogP contribution in [0.25, 0.3) is 11.4 Å². The highest BCUT2D eigenvalue weighted by molar-refractivity contribution is 6.30. The number of ether oxygens (including phenoxy) is 3. The zero-order valence-electron chi connectivity index (χ0n) is 14.4. The van der Waals surface area contributed by atoms with Gasteiger partial charge < -0.3 is 25.3 Å². The molecule has 2 aromatic carbocycles. The lowest BCUT2D eigenvalue weighted by atomic mass is 10.2. The first kappa shape index (κ1) is 17.2. The van der Waals surface area contributed by atoms with Crippen molar-refractivity contribution in [2.75, 3.05) is 24.5 Å². The summed E-state index contributed by atoms with van der Waals surface area (Å²) in [5.41, 5.74) is 7.24. The third-order valence-electron chi connectivity index (χ3n) is 3.76. The van der Waals surface area contributed by atoms with E-state index in [4.69, 9.17) is 31.5 Å². The summed E-state index contributed by atoms with van der Waals surface area (Å²) in [6, 6.07) is 10.7. The molecule has 27 heavy (non-hydrogen) atoms. The molecule has 138 valence electrons. The molecule has 0 amide bonds. The summed E-state index contributed by atoms with van der Waals surface area (Å²) in [4.78, 5) is 12.8.